The predicted octanol–water partition coefficient (Wildman–Crippen LogP) is 3.69. The lowest BCUT2D eigenvalue weighted by molar-refractivity contribution is -0.132. The Morgan fingerprint density at radius 1 is 1.18 bits per heavy atom. The van der Waals surface area contributed by atoms with Crippen LogP contribution in [-0.4, -0.2) is 52.4 Å². The van der Waals surface area contributed by atoms with Gasteiger partial charge in [0.15, 0.2) is 5.82 Å². The monoisotopic (exact) mass is 446 g/mol. The van der Waals surface area contributed by atoms with E-state index in [4.69, 9.17) is 14.6 Å². The van der Waals surface area contributed by atoms with Gasteiger partial charge >= 0.3 is 0 Å². The summed E-state index contributed by atoms with van der Waals surface area (Å²) < 4.78 is 13.1. The molecule has 0 aliphatic carbocycles. The highest BCUT2D eigenvalue weighted by Crippen LogP contribution is 2.35. The van der Waals surface area contributed by atoms with Crippen LogP contribution in [0.3, 0.4) is 0 Å². The average Bonchev–Trinajstić information content (AvgIpc) is 3.28. The largest absolute Gasteiger partial charge is 0.497 e. The average molecular weight is 447 g/mol. The van der Waals surface area contributed by atoms with Crippen molar-refractivity contribution < 1.29 is 14.3 Å². The molecule has 0 N–H and O–H groups in total. The van der Waals surface area contributed by atoms with Crippen LogP contribution >= 0.6 is 0 Å². The number of nitrogens with zero attached hydrogens (tertiary/aromatic N) is 4. The first-order valence-corrected chi connectivity index (χ1v) is 11.7. The number of piperidine rings is 1. The van der Waals surface area contributed by atoms with E-state index in [1.54, 1.807) is 13.3 Å². The number of carbonyl (C=O) groups is 1. The van der Waals surface area contributed by atoms with Crippen molar-refractivity contribution in [2.75, 3.05) is 26.8 Å². The second-order valence-electron chi connectivity index (χ2n) is 8.72. The molecule has 0 radical (unpaired) electrons. The third kappa shape index (κ3) is 4.64. The van der Waals surface area contributed by atoms with Crippen LogP contribution in [0.1, 0.15) is 47.7 Å². The first kappa shape index (κ1) is 21.6. The Labute approximate surface area is 194 Å². The lowest BCUT2D eigenvalue weighted by atomic mass is 9.89. The highest BCUT2D eigenvalue weighted by Gasteiger charge is 2.31. The first-order chi connectivity index (χ1) is 16.2. The molecule has 33 heavy (non-hydrogen) atoms. The Bertz CT molecular complexity index is 1100. The minimum atomic E-state index is 0.222. The van der Waals surface area contributed by atoms with Crippen LogP contribution in [0.4, 0.5) is 0 Å². The summed E-state index contributed by atoms with van der Waals surface area (Å²) in [5, 5.41) is 4.91. The second kappa shape index (κ2) is 9.75. The molecular weight excluding hydrogens is 416 g/mol. The highest BCUT2D eigenvalue weighted by atomic mass is 16.5. The van der Waals surface area contributed by atoms with Gasteiger partial charge in [0, 0.05) is 43.6 Å². The van der Waals surface area contributed by atoms with Crippen molar-refractivity contribution in [2.45, 2.75) is 44.6 Å². The van der Waals surface area contributed by atoms with Crippen molar-refractivity contribution in [3.63, 3.8) is 0 Å². The molecule has 4 heterocycles. The Hall–Kier alpha value is -3.19. The molecule has 0 atom stereocenters. The van der Waals surface area contributed by atoms with Gasteiger partial charge in [-0.05, 0) is 49.1 Å². The Balaban J connectivity index is 1.26. The highest BCUT2D eigenvalue weighted by molar-refractivity contribution is 5.76. The lowest BCUT2D eigenvalue weighted by Crippen LogP contribution is -2.38. The molecule has 3 aromatic rings. The zero-order valence-corrected chi connectivity index (χ0v) is 19.1. The zero-order chi connectivity index (χ0) is 22.6. The number of likely N-dealkylation sites (tertiary alicyclic amines) is 1. The van der Waals surface area contributed by atoms with E-state index >= 15 is 0 Å². The van der Waals surface area contributed by atoms with Gasteiger partial charge in [-0.1, -0.05) is 18.2 Å². The molecule has 2 aliphatic heterocycles. The molecule has 5 rings (SSSR count). The van der Waals surface area contributed by atoms with E-state index in [1.165, 1.54) is 11.3 Å². The smallest absolute Gasteiger partial charge is 0.222 e. The number of rotatable bonds is 6. The molecule has 172 valence electrons. The van der Waals surface area contributed by atoms with Gasteiger partial charge in [0.2, 0.25) is 5.91 Å². The quantitative estimate of drug-likeness (QED) is 0.578. The topological polar surface area (TPSA) is 69.5 Å². The van der Waals surface area contributed by atoms with Crippen LogP contribution < -0.4 is 4.74 Å². The van der Waals surface area contributed by atoms with E-state index in [0.29, 0.717) is 25.6 Å². The fourth-order valence-electron chi connectivity index (χ4n) is 4.92. The number of ether oxygens (including phenoxy) is 2. The summed E-state index contributed by atoms with van der Waals surface area (Å²) in [5.41, 5.74) is 4.68. The second-order valence-corrected chi connectivity index (χ2v) is 8.72. The fraction of sp³-hybridized carbons (Fsp3) is 0.423. The number of hydrogen-bond donors (Lipinski definition) is 0. The molecular formula is C26H30N4O3. The lowest BCUT2D eigenvalue weighted by Gasteiger charge is -2.33. The number of aryl methyl sites for hydroxylation is 1. The third-order valence-corrected chi connectivity index (χ3v) is 6.70. The van der Waals surface area contributed by atoms with E-state index in [-0.39, 0.29) is 5.91 Å². The van der Waals surface area contributed by atoms with Crippen LogP contribution in [0.5, 0.6) is 5.75 Å². The number of methoxy groups -OCH3 is 1. The number of benzene rings is 1. The van der Waals surface area contributed by atoms with Crippen molar-refractivity contribution >= 4 is 5.91 Å². The summed E-state index contributed by atoms with van der Waals surface area (Å²) in [6.07, 6.45) is 5.75. The maximum Gasteiger partial charge on any atom is 0.222 e. The van der Waals surface area contributed by atoms with Crippen molar-refractivity contribution in [1.29, 1.82) is 0 Å². The van der Waals surface area contributed by atoms with Gasteiger partial charge in [0.05, 0.1) is 31.7 Å². The number of amides is 1. The molecule has 7 nitrogen and oxygen atoms in total. The summed E-state index contributed by atoms with van der Waals surface area (Å²) in [4.78, 5) is 19.4. The predicted molar refractivity (Wildman–Crippen MR) is 125 cm³/mol. The summed E-state index contributed by atoms with van der Waals surface area (Å²) in [6, 6.07) is 13.9. The number of pyridine rings is 1. The van der Waals surface area contributed by atoms with Gasteiger partial charge in [-0.25, -0.2) is 9.67 Å². The van der Waals surface area contributed by atoms with Crippen LogP contribution in [0, 0.1) is 0 Å². The van der Waals surface area contributed by atoms with E-state index in [9.17, 15) is 4.79 Å². The number of aromatic nitrogens is 3. The van der Waals surface area contributed by atoms with Crippen molar-refractivity contribution in [3.8, 4) is 11.6 Å². The Kier molecular flexibility index (Phi) is 6.39. The van der Waals surface area contributed by atoms with Gasteiger partial charge < -0.3 is 14.4 Å². The maximum absolute atomic E-state index is 12.9. The maximum atomic E-state index is 12.9. The third-order valence-electron chi connectivity index (χ3n) is 6.70. The molecule has 0 saturated carbocycles. The number of hydrogen-bond acceptors (Lipinski definition) is 5. The van der Waals surface area contributed by atoms with Crippen molar-refractivity contribution in [3.05, 3.63) is 71.2 Å². The molecule has 0 spiro atoms. The van der Waals surface area contributed by atoms with Crippen molar-refractivity contribution in [1.82, 2.24) is 19.7 Å². The Morgan fingerprint density at radius 2 is 2.06 bits per heavy atom. The SMILES string of the molecule is COc1cccc(CCC(=O)N2CCC(c3c4c(nn3-c3ccccn3)CCOC4)CC2)c1. The van der Waals surface area contributed by atoms with E-state index in [1.807, 2.05) is 52.0 Å². The van der Waals surface area contributed by atoms with Gasteiger partial charge in [0.25, 0.3) is 0 Å². The number of carbonyl (C=O) groups excluding carboxylic acids is 1. The van der Waals surface area contributed by atoms with Gasteiger partial charge in [0.1, 0.15) is 5.75 Å². The molecule has 7 heteroatoms. The normalized spacial score (nSPS) is 16.5. The number of fused-ring (bicyclic) bond motifs is 1. The summed E-state index contributed by atoms with van der Waals surface area (Å²) in [6.45, 7) is 2.86. The van der Waals surface area contributed by atoms with Crippen LogP contribution in [0.25, 0.3) is 5.82 Å². The molecule has 0 bridgehead atoms. The zero-order valence-electron chi connectivity index (χ0n) is 19.1. The van der Waals surface area contributed by atoms with Crippen molar-refractivity contribution in [2.24, 2.45) is 0 Å². The molecule has 1 fully saturated rings. The van der Waals surface area contributed by atoms with Crippen LogP contribution in [0.2, 0.25) is 0 Å². The van der Waals surface area contributed by atoms with E-state index in [2.05, 4.69) is 4.98 Å². The summed E-state index contributed by atoms with van der Waals surface area (Å²) >= 11 is 0. The van der Waals surface area contributed by atoms with Crippen LogP contribution in [0.15, 0.2) is 48.7 Å². The standard InChI is InChI=1S/C26H30N4O3/c1-32-21-6-4-5-19(17-21)8-9-25(31)29-14-10-20(11-15-29)26-22-18-33-16-12-23(22)28-30(26)24-7-2-3-13-27-24/h2-7,13,17,20H,8-12,14-16,18H2,1H3. The molecule has 2 aliphatic rings. The Morgan fingerprint density at radius 3 is 2.85 bits per heavy atom. The fourth-order valence-corrected chi connectivity index (χ4v) is 4.92. The van der Waals surface area contributed by atoms with Gasteiger partial charge in [-0.15, -0.1) is 0 Å². The molecule has 1 aromatic carbocycles. The van der Waals surface area contributed by atoms with Gasteiger partial charge in [-0.2, -0.15) is 5.10 Å². The summed E-state index contributed by atoms with van der Waals surface area (Å²) in [7, 11) is 1.66. The van der Waals surface area contributed by atoms with Crippen LogP contribution in [-0.2, 0) is 29.0 Å². The first-order valence-electron chi connectivity index (χ1n) is 11.7. The van der Waals surface area contributed by atoms with Gasteiger partial charge in [-0.3, -0.25) is 4.79 Å². The summed E-state index contributed by atoms with van der Waals surface area (Å²) in [5.74, 6) is 2.24. The molecule has 2 aromatic heterocycles. The minimum Gasteiger partial charge on any atom is -0.497 e. The van der Waals surface area contributed by atoms with E-state index < -0.39 is 0 Å². The minimum absolute atomic E-state index is 0.222. The molecule has 0 unspecified atom stereocenters. The molecule has 1 amide bonds. The van der Waals surface area contributed by atoms with E-state index in [0.717, 1.165) is 61.6 Å². The molecule has 1 saturated heterocycles.